The highest BCUT2D eigenvalue weighted by Gasteiger charge is 2.58. The zero-order valence-electron chi connectivity index (χ0n) is 18.5. The Morgan fingerprint density at radius 1 is 1.03 bits per heavy atom. The van der Waals surface area contributed by atoms with Crippen LogP contribution in [-0.4, -0.2) is 41.0 Å². The van der Waals surface area contributed by atoms with Gasteiger partial charge in [-0.05, 0) is 47.6 Å². The first-order chi connectivity index (χ1) is 14.7. The van der Waals surface area contributed by atoms with Crippen molar-refractivity contribution in [2.75, 3.05) is 18.0 Å². The molecule has 2 amide bonds. The molecule has 5 rings (SSSR count). The van der Waals surface area contributed by atoms with Crippen molar-refractivity contribution in [2.24, 2.45) is 11.3 Å². The van der Waals surface area contributed by atoms with E-state index in [1.165, 1.54) is 5.56 Å². The van der Waals surface area contributed by atoms with Crippen LogP contribution in [-0.2, 0) is 21.4 Å². The van der Waals surface area contributed by atoms with Gasteiger partial charge in [-0.1, -0.05) is 51.1 Å². The molecule has 2 aliphatic heterocycles. The molecule has 2 fully saturated rings. The second kappa shape index (κ2) is 6.84. The SMILES string of the molecule is CC1(C)[C@@H]2Cc3c(O)cccc3[C@]1(C)CCN2C(=O)C1CC(=O)N(c2ccccc2)C1. The number of amides is 2. The van der Waals surface area contributed by atoms with Gasteiger partial charge < -0.3 is 14.9 Å². The van der Waals surface area contributed by atoms with Crippen LogP contribution in [0, 0.1) is 11.3 Å². The number of para-hydroxylation sites is 1. The third kappa shape index (κ3) is 2.82. The highest BCUT2D eigenvalue weighted by atomic mass is 16.3. The van der Waals surface area contributed by atoms with Crippen molar-refractivity contribution in [3.8, 4) is 5.75 Å². The second-order valence-corrected chi connectivity index (χ2v) is 10.1. The summed E-state index contributed by atoms with van der Waals surface area (Å²) in [6.07, 6.45) is 1.76. The van der Waals surface area contributed by atoms with E-state index in [0.717, 1.165) is 17.7 Å². The van der Waals surface area contributed by atoms with Crippen LogP contribution in [0.15, 0.2) is 48.5 Å². The maximum Gasteiger partial charge on any atom is 0.228 e. The summed E-state index contributed by atoms with van der Waals surface area (Å²) >= 11 is 0. The first-order valence-electron chi connectivity index (χ1n) is 11.2. The fourth-order valence-electron chi connectivity index (χ4n) is 6.15. The molecule has 2 aromatic carbocycles. The van der Waals surface area contributed by atoms with Crippen molar-refractivity contribution in [3.05, 3.63) is 59.7 Å². The van der Waals surface area contributed by atoms with E-state index in [1.54, 1.807) is 11.0 Å². The molecule has 3 atom stereocenters. The molecule has 2 saturated heterocycles. The van der Waals surface area contributed by atoms with E-state index < -0.39 is 0 Å². The molecule has 1 N–H and O–H groups in total. The Bertz CT molecular complexity index is 1050. The van der Waals surface area contributed by atoms with E-state index in [-0.39, 0.29) is 41.0 Å². The van der Waals surface area contributed by atoms with E-state index in [0.29, 0.717) is 25.3 Å². The van der Waals surface area contributed by atoms with E-state index in [1.807, 2.05) is 41.3 Å². The molecule has 2 heterocycles. The van der Waals surface area contributed by atoms with Gasteiger partial charge in [0.05, 0.1) is 5.92 Å². The van der Waals surface area contributed by atoms with Gasteiger partial charge in [0, 0.05) is 36.7 Å². The summed E-state index contributed by atoms with van der Waals surface area (Å²) in [5.74, 6) is 0.0894. The number of carbonyl (C=O) groups excluding carboxylic acids is 2. The first kappa shape index (κ1) is 20.1. The van der Waals surface area contributed by atoms with Gasteiger partial charge in [0.15, 0.2) is 0 Å². The van der Waals surface area contributed by atoms with Crippen LogP contribution in [0.5, 0.6) is 5.75 Å². The minimum Gasteiger partial charge on any atom is -0.508 e. The number of fused-ring (bicyclic) bond motifs is 4. The van der Waals surface area contributed by atoms with Gasteiger partial charge in [0.2, 0.25) is 11.8 Å². The first-order valence-corrected chi connectivity index (χ1v) is 11.2. The van der Waals surface area contributed by atoms with Crippen molar-refractivity contribution in [1.29, 1.82) is 0 Å². The number of hydrogen-bond acceptors (Lipinski definition) is 3. The zero-order valence-corrected chi connectivity index (χ0v) is 18.5. The Hall–Kier alpha value is -2.82. The lowest BCUT2D eigenvalue weighted by Crippen LogP contribution is -2.65. The van der Waals surface area contributed by atoms with Gasteiger partial charge in [0.25, 0.3) is 0 Å². The molecule has 5 heteroatoms. The average Bonchev–Trinajstić information content (AvgIpc) is 3.13. The van der Waals surface area contributed by atoms with Gasteiger partial charge in [-0.2, -0.15) is 0 Å². The molecule has 162 valence electrons. The van der Waals surface area contributed by atoms with Gasteiger partial charge in [0.1, 0.15) is 5.75 Å². The molecular weight excluding hydrogens is 388 g/mol. The number of phenols is 1. The van der Waals surface area contributed by atoms with Gasteiger partial charge in [-0.3, -0.25) is 9.59 Å². The van der Waals surface area contributed by atoms with Gasteiger partial charge in [-0.15, -0.1) is 0 Å². The number of likely N-dealkylation sites (tertiary alicyclic amines) is 1. The molecule has 0 aromatic heterocycles. The van der Waals surface area contributed by atoms with Crippen LogP contribution < -0.4 is 4.90 Å². The molecule has 2 bridgehead atoms. The Morgan fingerprint density at radius 2 is 1.77 bits per heavy atom. The molecule has 0 saturated carbocycles. The number of benzene rings is 2. The van der Waals surface area contributed by atoms with E-state index in [9.17, 15) is 14.7 Å². The Morgan fingerprint density at radius 3 is 2.52 bits per heavy atom. The van der Waals surface area contributed by atoms with Crippen molar-refractivity contribution >= 4 is 17.5 Å². The van der Waals surface area contributed by atoms with Crippen molar-refractivity contribution in [3.63, 3.8) is 0 Å². The molecule has 0 spiro atoms. The number of rotatable bonds is 2. The number of phenolic OH excluding ortho intramolecular Hbond substituents is 1. The molecule has 31 heavy (non-hydrogen) atoms. The number of nitrogens with zero attached hydrogens (tertiary/aromatic N) is 2. The predicted molar refractivity (Wildman–Crippen MR) is 120 cm³/mol. The number of anilines is 1. The quantitative estimate of drug-likeness (QED) is 0.805. The predicted octanol–water partition coefficient (Wildman–Crippen LogP) is 3.89. The summed E-state index contributed by atoms with van der Waals surface area (Å²) in [6.45, 7) is 7.90. The highest BCUT2D eigenvalue weighted by Crippen LogP contribution is 2.57. The largest absolute Gasteiger partial charge is 0.508 e. The van der Waals surface area contributed by atoms with Crippen LogP contribution in [0.2, 0.25) is 0 Å². The van der Waals surface area contributed by atoms with Crippen molar-refractivity contribution < 1.29 is 14.7 Å². The lowest BCUT2D eigenvalue weighted by atomic mass is 9.51. The number of aromatic hydroxyl groups is 1. The average molecular weight is 419 g/mol. The molecule has 0 radical (unpaired) electrons. The molecule has 1 unspecified atom stereocenters. The molecule has 5 nitrogen and oxygen atoms in total. The summed E-state index contributed by atoms with van der Waals surface area (Å²) in [7, 11) is 0. The van der Waals surface area contributed by atoms with Crippen LogP contribution >= 0.6 is 0 Å². The molecule has 2 aromatic rings. The number of carbonyl (C=O) groups is 2. The monoisotopic (exact) mass is 418 g/mol. The van der Waals surface area contributed by atoms with Crippen LogP contribution in [0.3, 0.4) is 0 Å². The minimum absolute atomic E-state index is 0.000396. The van der Waals surface area contributed by atoms with Crippen molar-refractivity contribution in [1.82, 2.24) is 4.90 Å². The fourth-order valence-corrected chi connectivity index (χ4v) is 6.15. The third-order valence-corrected chi connectivity index (χ3v) is 8.45. The summed E-state index contributed by atoms with van der Waals surface area (Å²) in [5.41, 5.74) is 2.80. The summed E-state index contributed by atoms with van der Waals surface area (Å²) in [4.78, 5) is 30.1. The number of piperidine rings is 1. The smallest absolute Gasteiger partial charge is 0.228 e. The normalized spacial score (nSPS) is 29.1. The Balaban J connectivity index is 1.44. The van der Waals surface area contributed by atoms with Gasteiger partial charge >= 0.3 is 0 Å². The third-order valence-electron chi connectivity index (χ3n) is 8.45. The fraction of sp³-hybridized carbons (Fsp3) is 0.462. The second-order valence-electron chi connectivity index (χ2n) is 10.1. The lowest BCUT2D eigenvalue weighted by Gasteiger charge is -2.61. The summed E-state index contributed by atoms with van der Waals surface area (Å²) < 4.78 is 0. The summed E-state index contributed by atoms with van der Waals surface area (Å²) in [5, 5.41) is 10.6. The van der Waals surface area contributed by atoms with Crippen LogP contribution in [0.25, 0.3) is 0 Å². The Labute approximate surface area is 183 Å². The maximum absolute atomic E-state index is 13.7. The van der Waals surface area contributed by atoms with E-state index in [4.69, 9.17) is 0 Å². The maximum atomic E-state index is 13.7. The van der Waals surface area contributed by atoms with E-state index in [2.05, 4.69) is 26.8 Å². The van der Waals surface area contributed by atoms with E-state index >= 15 is 0 Å². The summed E-state index contributed by atoms with van der Waals surface area (Å²) in [6, 6.07) is 15.4. The van der Waals surface area contributed by atoms with Gasteiger partial charge in [-0.25, -0.2) is 0 Å². The lowest BCUT2D eigenvalue weighted by molar-refractivity contribution is -0.148. The van der Waals surface area contributed by atoms with Crippen LogP contribution in [0.1, 0.15) is 44.7 Å². The zero-order chi connectivity index (χ0) is 22.0. The number of hydrogen-bond donors (Lipinski definition) is 1. The van der Waals surface area contributed by atoms with Crippen molar-refractivity contribution in [2.45, 2.75) is 51.5 Å². The molecule has 1 aliphatic carbocycles. The molecule has 3 aliphatic rings. The Kier molecular flexibility index (Phi) is 4.44. The molecular formula is C26H30N2O3. The highest BCUT2D eigenvalue weighted by molar-refractivity contribution is 6.00. The van der Waals surface area contributed by atoms with Crippen LogP contribution in [0.4, 0.5) is 5.69 Å². The standard InChI is InChI=1S/C26H30N2O3/c1-25(2)22-15-19-20(10-7-11-21(19)29)26(25,3)12-13-27(22)24(31)17-14-23(30)28(16-17)18-8-5-4-6-9-18/h4-11,17,22,29H,12-16H2,1-3H3/t17?,22-,26-/m0/s1. The minimum atomic E-state index is -0.321. The topological polar surface area (TPSA) is 60.9 Å².